The van der Waals surface area contributed by atoms with Crippen molar-refractivity contribution in [1.29, 1.82) is 0 Å². The molecule has 0 aromatic heterocycles. The second-order valence-electron chi connectivity index (χ2n) is 21.5. The number of likely N-dealkylation sites (tertiary alicyclic amines) is 2. The summed E-state index contributed by atoms with van der Waals surface area (Å²) in [7, 11) is 2.75. The fourth-order valence-electron chi connectivity index (χ4n) is 9.90. The Morgan fingerprint density at radius 3 is 1.18 bits per heavy atom. The first kappa shape index (κ1) is 80.5. The Morgan fingerprint density at radius 1 is 0.446 bits per heavy atom. The van der Waals surface area contributed by atoms with E-state index < -0.39 is 229 Å². The van der Waals surface area contributed by atoms with Gasteiger partial charge in [0.25, 0.3) is 41.4 Å². The number of rotatable bonds is 8. The number of nitrogens with zero attached hydrogens (tertiary/aromatic N) is 5. The molecule has 7 aliphatic rings. The zero-order chi connectivity index (χ0) is 78.4. The number of halogens is 29. The maximum Gasteiger partial charge on any atom is 0.424 e. The van der Waals surface area contributed by atoms with E-state index in [1.54, 1.807) is 0 Å². The van der Waals surface area contributed by atoms with E-state index in [1.165, 1.54) is 6.92 Å². The van der Waals surface area contributed by atoms with Crippen LogP contribution in [-0.2, 0) is 33.5 Å². The lowest BCUT2D eigenvalue weighted by molar-refractivity contribution is -0.454. The smallest absolute Gasteiger partial charge is 0.424 e. The topological polar surface area (TPSA) is 264 Å². The number of nitrogens with one attached hydrogen (secondary N) is 2. The molecule has 2 aliphatic carbocycles. The Morgan fingerprint density at radius 2 is 0.812 bits per heavy atom. The third-order valence-corrected chi connectivity index (χ3v) is 15.5. The molecular weight excluding hydrogens is 1490 g/mol. The van der Waals surface area contributed by atoms with Crippen LogP contribution in [0.2, 0.25) is 0 Å². The van der Waals surface area contributed by atoms with Gasteiger partial charge in [-0.15, -0.1) is 0 Å². The van der Waals surface area contributed by atoms with Crippen LogP contribution in [0.15, 0.2) is 48.0 Å². The minimum absolute atomic E-state index is 0.0373. The molecule has 12 amide bonds. The first-order chi connectivity index (χ1) is 45.2. The first-order valence-electron chi connectivity index (χ1n) is 26.2. The zero-order valence-corrected chi connectivity index (χ0v) is 49.2. The van der Waals surface area contributed by atoms with Crippen molar-refractivity contribution in [1.82, 2.24) is 35.1 Å². The van der Waals surface area contributed by atoms with Crippen molar-refractivity contribution in [2.45, 2.75) is 102 Å². The van der Waals surface area contributed by atoms with Gasteiger partial charge in [0, 0.05) is 39.8 Å². The van der Waals surface area contributed by atoms with Gasteiger partial charge in [-0.2, -0.15) is 132 Å². The van der Waals surface area contributed by atoms with Crippen LogP contribution in [0.25, 0.3) is 0 Å². The highest BCUT2D eigenvalue weighted by Crippen LogP contribution is 2.71. The van der Waals surface area contributed by atoms with Crippen LogP contribution in [-0.4, -0.2) is 232 Å². The van der Waals surface area contributed by atoms with Crippen molar-refractivity contribution in [3.8, 4) is 5.75 Å². The number of alkyl halides is 29. The molecule has 4 fully saturated rings. The molecule has 0 spiro atoms. The third kappa shape index (κ3) is 11.7. The van der Waals surface area contributed by atoms with E-state index in [1.807, 2.05) is 0 Å². The molecule has 50 heteroatoms. The van der Waals surface area contributed by atoms with Crippen molar-refractivity contribution in [2.24, 2.45) is 11.8 Å². The molecular formula is C51H32F29N7O14. The molecule has 5 heterocycles. The maximum atomic E-state index is 15.6. The van der Waals surface area contributed by atoms with Crippen LogP contribution in [0, 0.1) is 11.8 Å². The number of carbonyl (C=O) groups excluding carboxylic acids is 12. The van der Waals surface area contributed by atoms with Crippen LogP contribution >= 0.6 is 0 Å². The van der Waals surface area contributed by atoms with Gasteiger partial charge in [0.1, 0.15) is 29.9 Å². The van der Waals surface area contributed by atoms with Gasteiger partial charge in [0.05, 0.1) is 28.9 Å². The van der Waals surface area contributed by atoms with Gasteiger partial charge in [-0.05, 0) is 43.3 Å². The molecule has 21 nitrogen and oxygen atoms in total. The molecule has 558 valence electrons. The van der Waals surface area contributed by atoms with Gasteiger partial charge in [-0.25, -0.2) is 4.79 Å². The second-order valence-corrected chi connectivity index (χ2v) is 21.5. The highest BCUT2D eigenvalue weighted by Gasteiger charge is 2.96. The van der Waals surface area contributed by atoms with Crippen molar-refractivity contribution in [2.75, 3.05) is 41.5 Å². The number of fused-ring (bicyclic) bond motifs is 2. The predicted octanol–water partition coefficient (Wildman–Crippen LogP) is 7.72. The van der Waals surface area contributed by atoms with Gasteiger partial charge in [-0.3, -0.25) is 77.7 Å². The highest BCUT2D eigenvalue weighted by molar-refractivity contribution is 6.28. The molecule has 9 rings (SSSR count). The van der Waals surface area contributed by atoms with Gasteiger partial charge < -0.3 is 14.8 Å². The Hall–Kier alpha value is -9.45. The Labute approximate surface area is 537 Å². The summed E-state index contributed by atoms with van der Waals surface area (Å²) in [5, 5.41) is 1.04. The van der Waals surface area contributed by atoms with E-state index in [2.05, 4.69) is 9.47 Å². The summed E-state index contributed by atoms with van der Waals surface area (Å²) in [5.41, 5.74) is -5.11. The van der Waals surface area contributed by atoms with Crippen molar-refractivity contribution in [3.05, 3.63) is 75.9 Å². The molecule has 2 saturated carbocycles. The van der Waals surface area contributed by atoms with Gasteiger partial charge in [0.2, 0.25) is 0 Å². The minimum atomic E-state index is -7.51. The number of ether oxygens (including phenoxy) is 2. The number of imide groups is 7. The number of hydrogen-bond donors (Lipinski definition) is 2. The van der Waals surface area contributed by atoms with Gasteiger partial charge in [-0.1, -0.05) is 0 Å². The number of benzene rings is 2. The standard InChI is InChI=1S/C34H22F16N4O8.C6H3F6NO2.C6H4F3NO2.C5H3F4NO2/c1-3-61-26(60)54-22(58)14-7-5-12(9-16(14)23(54)59)62-10-51-24-31(43,44)27(35,36)17(28(37,38)32(24,45)46)18-29(39,40)33(47,48)25(34(49,50)30(18,41)42)52-19(55)11-4-6-13-15(8-11)21(57)53(2)20(13)56;1-13-2(14)4(7,8)6(11,12)5(9,10)3(13)15;1-10-4(11)2-3(5(10)12)6(7,8)9;1-10-2(11)4(6,7)5(8,9)3(10)12/h4-9,17-18,24-25,51H,3,10H2,1-2H3,(H,52,55);1H3;2H,1H3;1H3. The number of likely N-dealkylation sites (N-methyl/N-ethyl adjacent to an activating group) is 1. The van der Waals surface area contributed by atoms with Crippen LogP contribution in [0.3, 0.4) is 0 Å². The third-order valence-electron chi connectivity index (χ3n) is 15.5. The molecule has 2 aromatic carbocycles. The second kappa shape index (κ2) is 24.7. The van der Waals surface area contributed by atoms with Gasteiger partial charge >= 0.3 is 113 Å². The average molecular weight is 1520 g/mol. The predicted molar refractivity (Wildman–Crippen MR) is 259 cm³/mol. The summed E-state index contributed by atoms with van der Waals surface area (Å²) < 4.78 is 417. The number of amides is 12. The van der Waals surface area contributed by atoms with Crippen LogP contribution < -0.4 is 15.4 Å². The molecule has 0 radical (unpaired) electrons. The number of piperidine rings is 1. The highest BCUT2D eigenvalue weighted by atomic mass is 19.4. The number of carbonyl (C=O) groups is 12. The Bertz CT molecular complexity index is 3820. The summed E-state index contributed by atoms with van der Waals surface area (Å²) in [4.78, 5) is 137. The van der Waals surface area contributed by atoms with Crippen LogP contribution in [0.4, 0.5) is 132 Å². The maximum absolute atomic E-state index is 15.6. The Balaban J connectivity index is 0.000000327. The molecule has 2 saturated heterocycles. The van der Waals surface area contributed by atoms with Crippen molar-refractivity contribution < 1.29 is 194 Å². The molecule has 2 aromatic rings. The van der Waals surface area contributed by atoms with E-state index in [0.717, 1.165) is 14.1 Å². The monoisotopic (exact) mass is 1520 g/mol. The molecule has 101 heavy (non-hydrogen) atoms. The van der Waals surface area contributed by atoms with Crippen LogP contribution in [0.5, 0.6) is 5.75 Å². The van der Waals surface area contributed by atoms with Gasteiger partial charge in [0.15, 0.2) is 12.1 Å². The fraction of sp³-hybridized carbons (Fsp3) is 0.490. The fourth-order valence-corrected chi connectivity index (χ4v) is 9.90. The van der Waals surface area contributed by atoms with E-state index in [9.17, 15) is 115 Å². The van der Waals surface area contributed by atoms with Crippen LogP contribution in [0.1, 0.15) is 58.7 Å². The van der Waals surface area contributed by atoms with E-state index in [0.29, 0.717) is 70.0 Å². The molecule has 2 N–H and O–H groups in total. The lowest BCUT2D eigenvalue weighted by atomic mass is 9.60. The molecule has 0 unspecified atom stereocenters. The zero-order valence-electron chi connectivity index (χ0n) is 49.2. The molecule has 0 bridgehead atoms. The number of hydrogen-bond acceptors (Lipinski definition) is 15. The summed E-state index contributed by atoms with van der Waals surface area (Å²) >= 11 is 0. The van der Waals surface area contributed by atoms with E-state index in [4.69, 9.17) is 0 Å². The van der Waals surface area contributed by atoms with E-state index >= 15 is 70.2 Å². The molecule has 0 atom stereocenters. The lowest BCUT2D eigenvalue weighted by Crippen LogP contribution is -2.85. The van der Waals surface area contributed by atoms with E-state index in [-0.39, 0.29) is 23.5 Å². The van der Waals surface area contributed by atoms with Crippen molar-refractivity contribution >= 4 is 71.1 Å². The summed E-state index contributed by atoms with van der Waals surface area (Å²) in [6, 6.07) is -7.12. The summed E-state index contributed by atoms with van der Waals surface area (Å²) in [6.07, 6.45) is -5.92. The average Bonchev–Trinajstić information content (AvgIpc) is 1.56. The summed E-state index contributed by atoms with van der Waals surface area (Å²) in [6.45, 7) is -1.07. The first-order valence-corrected chi connectivity index (χ1v) is 26.2. The van der Waals surface area contributed by atoms with Crippen molar-refractivity contribution in [3.63, 3.8) is 0 Å². The molecule has 5 aliphatic heterocycles. The quantitative estimate of drug-likeness (QED) is 0.146. The Kier molecular flexibility index (Phi) is 19.7. The normalized spacial score (nSPS) is 26.7. The largest absolute Gasteiger partial charge is 0.478 e. The SMILES string of the molecule is CCOC(=O)N1C(=O)c2ccc(OCNC3C(F)(F)C(F)(F)C(C4C(F)(F)C(F)(F)C(NC(=O)c5ccc6c(c5)C(=O)N(C)C6=O)C(F)(F)C4(F)F)C(F)(F)C3(F)F)cc2C1=O.CN1C(=O)C(F)(F)C(F)(F)C(F)(F)C1=O.CN1C(=O)C(F)(F)C(F)(F)C1=O.CN1C(=O)C=C(C(F)(F)F)C1=O. The lowest BCUT2D eigenvalue weighted by Gasteiger charge is -2.57. The minimum Gasteiger partial charge on any atom is -0.478 e. The summed E-state index contributed by atoms with van der Waals surface area (Å²) in [5.74, 6) is -118.